The lowest BCUT2D eigenvalue weighted by Gasteiger charge is -2.06. The van der Waals surface area contributed by atoms with E-state index >= 15 is 0 Å². The summed E-state index contributed by atoms with van der Waals surface area (Å²) in [5, 5.41) is 10.8. The van der Waals surface area contributed by atoms with Crippen molar-refractivity contribution in [3.63, 3.8) is 0 Å². The molecule has 0 aliphatic carbocycles. The van der Waals surface area contributed by atoms with Gasteiger partial charge in [0.1, 0.15) is 4.21 Å². The van der Waals surface area contributed by atoms with Crippen LogP contribution in [0.25, 0.3) is 0 Å². The number of hydrogen-bond donors (Lipinski definition) is 1. The summed E-state index contributed by atoms with van der Waals surface area (Å²) < 4.78 is 25.8. The number of sulfonamides is 1. The van der Waals surface area contributed by atoms with Crippen LogP contribution in [0, 0.1) is 10.1 Å². The lowest BCUT2D eigenvalue weighted by molar-refractivity contribution is -0.384. The van der Waals surface area contributed by atoms with Crippen molar-refractivity contribution >= 4 is 55.9 Å². The molecule has 0 amide bonds. The zero-order valence-electron chi connectivity index (χ0n) is 9.41. The van der Waals surface area contributed by atoms with Gasteiger partial charge in [0, 0.05) is 12.3 Å². The summed E-state index contributed by atoms with van der Waals surface area (Å²) in [6.45, 7) is 0. The van der Waals surface area contributed by atoms with Gasteiger partial charge in [0.05, 0.1) is 21.8 Å². The van der Waals surface area contributed by atoms with Crippen LogP contribution in [-0.4, -0.2) is 18.3 Å². The van der Waals surface area contributed by atoms with Gasteiger partial charge in [-0.2, -0.15) is 0 Å². The predicted octanol–water partition coefficient (Wildman–Crippen LogP) is 3.16. The summed E-state index contributed by atoms with van der Waals surface area (Å²) in [6.07, 6.45) is 2.62. The van der Waals surface area contributed by atoms with Crippen LogP contribution in [0.2, 0.25) is 9.36 Å². The minimum Gasteiger partial charge on any atom is -0.276 e. The van der Waals surface area contributed by atoms with Gasteiger partial charge in [0.25, 0.3) is 15.7 Å². The molecule has 2 heterocycles. The maximum absolute atomic E-state index is 12.1. The van der Waals surface area contributed by atoms with Crippen molar-refractivity contribution in [2.24, 2.45) is 0 Å². The van der Waals surface area contributed by atoms with Crippen LogP contribution in [0.1, 0.15) is 0 Å². The molecule has 0 saturated heterocycles. The lowest BCUT2D eigenvalue weighted by Crippen LogP contribution is -2.12. The number of halogens is 2. The Balaban J connectivity index is 2.39. The Labute approximate surface area is 127 Å². The summed E-state index contributed by atoms with van der Waals surface area (Å²) in [5.41, 5.74) is -0.393. The molecule has 11 heteroatoms. The van der Waals surface area contributed by atoms with Gasteiger partial charge in [-0.1, -0.05) is 23.2 Å². The number of thiophene rings is 1. The molecule has 106 valence electrons. The number of nitro groups is 1. The van der Waals surface area contributed by atoms with E-state index < -0.39 is 20.6 Å². The smallest absolute Gasteiger partial charge is 0.276 e. The number of anilines is 1. The van der Waals surface area contributed by atoms with E-state index in [4.69, 9.17) is 23.2 Å². The van der Waals surface area contributed by atoms with Crippen molar-refractivity contribution in [2.45, 2.75) is 4.21 Å². The Morgan fingerprint density at radius 2 is 2.10 bits per heavy atom. The van der Waals surface area contributed by atoms with Gasteiger partial charge < -0.3 is 0 Å². The second-order valence-electron chi connectivity index (χ2n) is 3.44. The zero-order valence-corrected chi connectivity index (χ0v) is 12.6. The highest BCUT2D eigenvalue weighted by molar-refractivity contribution is 7.94. The van der Waals surface area contributed by atoms with E-state index in [1.54, 1.807) is 0 Å². The maximum Gasteiger partial charge on any atom is 0.300 e. The molecule has 0 saturated carbocycles. The van der Waals surface area contributed by atoms with Crippen molar-refractivity contribution < 1.29 is 13.3 Å². The van der Waals surface area contributed by atoms with Gasteiger partial charge in [-0.3, -0.25) is 19.8 Å². The van der Waals surface area contributed by atoms with Crippen LogP contribution in [0.5, 0.6) is 0 Å². The molecule has 0 fully saturated rings. The monoisotopic (exact) mass is 353 g/mol. The molecule has 0 bridgehead atoms. The third-order valence-electron chi connectivity index (χ3n) is 2.12. The van der Waals surface area contributed by atoms with Crippen LogP contribution in [-0.2, 0) is 10.0 Å². The molecule has 2 rings (SSSR count). The maximum atomic E-state index is 12.1. The Kier molecular flexibility index (Phi) is 4.14. The lowest BCUT2D eigenvalue weighted by atomic mass is 10.4. The standard InChI is InChI=1S/C9H5Cl2N3O4S2/c10-5-1-2-12-4-6(5)13-20(17,18)8-3-7(14(15)16)9(11)19-8/h1-4,13H. The number of hydrogen-bond acceptors (Lipinski definition) is 6. The average Bonchev–Trinajstić information content (AvgIpc) is 2.75. The molecule has 0 atom stereocenters. The molecule has 2 aromatic heterocycles. The molecule has 2 aromatic rings. The molecular weight excluding hydrogens is 349 g/mol. The first-order valence-electron chi connectivity index (χ1n) is 4.87. The Morgan fingerprint density at radius 1 is 1.40 bits per heavy atom. The predicted molar refractivity (Wildman–Crippen MR) is 76.0 cm³/mol. The summed E-state index contributed by atoms with van der Waals surface area (Å²) in [4.78, 5) is 13.6. The Morgan fingerprint density at radius 3 is 2.65 bits per heavy atom. The fourth-order valence-corrected chi connectivity index (χ4v) is 4.18. The van der Waals surface area contributed by atoms with Crippen molar-refractivity contribution in [3.8, 4) is 0 Å². The first-order valence-corrected chi connectivity index (χ1v) is 7.93. The number of nitrogens with zero attached hydrogens (tertiary/aromatic N) is 2. The van der Waals surface area contributed by atoms with Crippen LogP contribution in [0.15, 0.2) is 28.7 Å². The van der Waals surface area contributed by atoms with Gasteiger partial charge in [0.15, 0.2) is 4.34 Å². The fourth-order valence-electron chi connectivity index (χ4n) is 1.24. The molecule has 0 aliphatic heterocycles. The zero-order chi connectivity index (χ0) is 14.9. The van der Waals surface area contributed by atoms with Gasteiger partial charge in [-0.15, -0.1) is 11.3 Å². The molecule has 1 N–H and O–H groups in total. The average molecular weight is 354 g/mol. The van der Waals surface area contributed by atoms with E-state index in [-0.39, 0.29) is 19.3 Å². The van der Waals surface area contributed by atoms with Gasteiger partial charge in [0.2, 0.25) is 0 Å². The van der Waals surface area contributed by atoms with E-state index in [0.717, 1.165) is 6.07 Å². The Hall–Kier alpha value is -1.42. The molecule has 0 radical (unpaired) electrons. The van der Waals surface area contributed by atoms with Crippen molar-refractivity contribution in [1.82, 2.24) is 4.98 Å². The molecule has 20 heavy (non-hydrogen) atoms. The molecule has 0 unspecified atom stereocenters. The fraction of sp³-hybridized carbons (Fsp3) is 0. The van der Waals surface area contributed by atoms with Gasteiger partial charge in [-0.25, -0.2) is 8.42 Å². The first-order chi connectivity index (χ1) is 9.31. The molecule has 7 nitrogen and oxygen atoms in total. The molecule has 0 aliphatic rings. The molecular formula is C9H5Cl2N3O4S2. The van der Waals surface area contributed by atoms with E-state index in [0.29, 0.717) is 11.3 Å². The third-order valence-corrected chi connectivity index (χ3v) is 5.63. The van der Waals surface area contributed by atoms with Crippen molar-refractivity contribution in [2.75, 3.05) is 4.72 Å². The van der Waals surface area contributed by atoms with Crippen molar-refractivity contribution in [1.29, 1.82) is 0 Å². The number of pyridine rings is 1. The highest BCUT2D eigenvalue weighted by atomic mass is 35.5. The molecule has 0 spiro atoms. The van der Waals surface area contributed by atoms with E-state index in [1.807, 2.05) is 0 Å². The second kappa shape index (κ2) is 5.52. The molecule has 0 aromatic carbocycles. The summed E-state index contributed by atoms with van der Waals surface area (Å²) in [5.74, 6) is 0. The quantitative estimate of drug-likeness (QED) is 0.671. The van der Waals surface area contributed by atoms with Crippen molar-refractivity contribution in [3.05, 3.63) is 44.0 Å². The Bertz CT molecular complexity index is 775. The first kappa shape index (κ1) is 15.0. The number of nitrogens with one attached hydrogen (secondary N) is 1. The second-order valence-corrected chi connectivity index (χ2v) is 7.41. The summed E-state index contributed by atoms with van der Waals surface area (Å²) >= 11 is 12.0. The number of aromatic nitrogens is 1. The van der Waals surface area contributed by atoms with Crippen LogP contribution < -0.4 is 4.72 Å². The van der Waals surface area contributed by atoms with Crippen LogP contribution >= 0.6 is 34.5 Å². The largest absolute Gasteiger partial charge is 0.300 e. The highest BCUT2D eigenvalue weighted by Gasteiger charge is 2.25. The summed E-state index contributed by atoms with van der Waals surface area (Å²) in [6, 6.07) is 2.29. The van der Waals surface area contributed by atoms with E-state index in [1.165, 1.54) is 18.5 Å². The topological polar surface area (TPSA) is 102 Å². The number of rotatable bonds is 4. The van der Waals surface area contributed by atoms with E-state index in [2.05, 4.69) is 9.71 Å². The third kappa shape index (κ3) is 3.01. The van der Waals surface area contributed by atoms with Gasteiger partial charge >= 0.3 is 0 Å². The van der Waals surface area contributed by atoms with Gasteiger partial charge in [-0.05, 0) is 6.07 Å². The van der Waals surface area contributed by atoms with E-state index in [9.17, 15) is 18.5 Å². The minimum absolute atomic E-state index is 0.0707. The minimum atomic E-state index is -4.02. The normalized spacial score (nSPS) is 11.3. The SMILES string of the molecule is O=[N+]([O-])c1cc(S(=O)(=O)Nc2cnccc2Cl)sc1Cl. The highest BCUT2D eigenvalue weighted by Crippen LogP contribution is 2.37. The van der Waals surface area contributed by atoms with Crippen LogP contribution in [0.4, 0.5) is 11.4 Å². The summed E-state index contributed by atoms with van der Waals surface area (Å²) in [7, 11) is -4.02. The van der Waals surface area contributed by atoms with Crippen LogP contribution in [0.3, 0.4) is 0 Å².